The van der Waals surface area contributed by atoms with Crippen LogP contribution in [-0.4, -0.2) is 10.9 Å². The van der Waals surface area contributed by atoms with E-state index in [1.807, 2.05) is 19.1 Å². The molecule has 13 heavy (non-hydrogen) atoms. The Kier molecular flexibility index (Phi) is 3.43. The lowest BCUT2D eigenvalue weighted by molar-refractivity contribution is -0.115. The summed E-state index contributed by atoms with van der Waals surface area (Å²) in [4.78, 5) is 15.1. The van der Waals surface area contributed by atoms with Gasteiger partial charge in [0.15, 0.2) is 0 Å². The van der Waals surface area contributed by atoms with E-state index < -0.39 is 0 Å². The Morgan fingerprint density at radius 3 is 2.92 bits per heavy atom. The quantitative estimate of drug-likeness (QED) is 0.769. The van der Waals surface area contributed by atoms with Crippen molar-refractivity contribution in [3.8, 4) is 0 Å². The van der Waals surface area contributed by atoms with E-state index in [-0.39, 0.29) is 5.91 Å². The second-order valence-corrected chi connectivity index (χ2v) is 2.80. The van der Waals surface area contributed by atoms with Gasteiger partial charge in [0.05, 0.1) is 0 Å². The summed E-state index contributed by atoms with van der Waals surface area (Å²) < 4.78 is 0. The molecule has 0 fully saturated rings. The van der Waals surface area contributed by atoms with E-state index in [2.05, 4.69) is 17.2 Å². The smallest absolute Gasteiger partial charge is 0.225 e. The van der Waals surface area contributed by atoms with Gasteiger partial charge in [0.1, 0.15) is 5.82 Å². The molecule has 0 radical (unpaired) electrons. The van der Waals surface area contributed by atoms with E-state index in [0.29, 0.717) is 12.2 Å². The average molecular weight is 178 g/mol. The van der Waals surface area contributed by atoms with Crippen LogP contribution in [-0.2, 0) is 11.2 Å². The Morgan fingerprint density at radius 1 is 1.54 bits per heavy atom. The summed E-state index contributed by atoms with van der Waals surface area (Å²) >= 11 is 0. The number of hydrogen-bond acceptors (Lipinski definition) is 2. The van der Waals surface area contributed by atoms with E-state index in [9.17, 15) is 4.79 Å². The minimum Gasteiger partial charge on any atom is -0.311 e. The number of aromatic nitrogens is 1. The summed E-state index contributed by atoms with van der Waals surface area (Å²) in [5.74, 6) is 0.645. The normalized spacial score (nSPS) is 9.69. The summed E-state index contributed by atoms with van der Waals surface area (Å²) in [6, 6.07) is 3.84. The number of carbonyl (C=O) groups is 1. The Balaban J connectivity index is 2.71. The van der Waals surface area contributed by atoms with E-state index >= 15 is 0 Å². The van der Waals surface area contributed by atoms with Crippen LogP contribution in [0.4, 0.5) is 5.82 Å². The maximum absolute atomic E-state index is 11.0. The fraction of sp³-hybridized carbons (Fsp3) is 0.400. The molecule has 0 aliphatic carbocycles. The molecule has 0 spiro atoms. The van der Waals surface area contributed by atoms with Crippen molar-refractivity contribution in [1.82, 2.24) is 4.98 Å². The minimum atomic E-state index is 0.000697. The van der Waals surface area contributed by atoms with Gasteiger partial charge in [0.2, 0.25) is 5.91 Å². The highest BCUT2D eigenvalue weighted by atomic mass is 16.1. The molecular formula is C10H14N2O. The fourth-order valence-corrected chi connectivity index (χ4v) is 0.994. The topological polar surface area (TPSA) is 42.0 Å². The first-order chi connectivity index (χ1) is 6.26. The van der Waals surface area contributed by atoms with Gasteiger partial charge in [-0.25, -0.2) is 4.98 Å². The van der Waals surface area contributed by atoms with Crippen LogP contribution in [0.1, 0.15) is 25.8 Å². The van der Waals surface area contributed by atoms with E-state index in [1.54, 1.807) is 6.20 Å². The molecule has 0 atom stereocenters. The molecule has 0 bridgehead atoms. The van der Waals surface area contributed by atoms with Crippen molar-refractivity contribution in [3.63, 3.8) is 0 Å². The molecule has 1 N–H and O–H groups in total. The van der Waals surface area contributed by atoms with Gasteiger partial charge in [-0.15, -0.1) is 0 Å². The molecule has 0 aliphatic rings. The molecule has 1 rings (SSSR count). The van der Waals surface area contributed by atoms with Crippen LogP contribution in [0.3, 0.4) is 0 Å². The van der Waals surface area contributed by atoms with Crippen molar-refractivity contribution in [2.24, 2.45) is 0 Å². The number of carbonyl (C=O) groups excluding carboxylic acids is 1. The molecular weight excluding hydrogens is 164 g/mol. The number of nitrogens with one attached hydrogen (secondary N) is 1. The number of pyridine rings is 1. The number of hydrogen-bond donors (Lipinski definition) is 1. The number of amides is 1. The van der Waals surface area contributed by atoms with E-state index in [1.165, 1.54) is 5.56 Å². The van der Waals surface area contributed by atoms with Crippen molar-refractivity contribution >= 4 is 11.7 Å². The highest BCUT2D eigenvalue weighted by molar-refractivity contribution is 5.89. The monoisotopic (exact) mass is 178 g/mol. The van der Waals surface area contributed by atoms with Gasteiger partial charge < -0.3 is 5.32 Å². The number of anilines is 1. The molecule has 0 saturated carbocycles. The zero-order chi connectivity index (χ0) is 9.68. The van der Waals surface area contributed by atoms with Crippen molar-refractivity contribution in [2.45, 2.75) is 26.7 Å². The van der Waals surface area contributed by atoms with E-state index in [0.717, 1.165) is 6.42 Å². The molecule has 1 amide bonds. The van der Waals surface area contributed by atoms with Crippen molar-refractivity contribution in [2.75, 3.05) is 5.32 Å². The largest absolute Gasteiger partial charge is 0.311 e. The van der Waals surface area contributed by atoms with Gasteiger partial charge >= 0.3 is 0 Å². The van der Waals surface area contributed by atoms with E-state index in [4.69, 9.17) is 0 Å². The van der Waals surface area contributed by atoms with Gasteiger partial charge in [-0.05, 0) is 24.1 Å². The molecule has 0 aliphatic heterocycles. The van der Waals surface area contributed by atoms with Gasteiger partial charge in [-0.2, -0.15) is 0 Å². The van der Waals surface area contributed by atoms with Crippen molar-refractivity contribution in [1.29, 1.82) is 0 Å². The Labute approximate surface area is 78.2 Å². The zero-order valence-electron chi connectivity index (χ0n) is 8.00. The molecule has 0 unspecified atom stereocenters. The van der Waals surface area contributed by atoms with Crippen LogP contribution in [0.25, 0.3) is 0 Å². The fourth-order valence-electron chi connectivity index (χ4n) is 0.994. The minimum absolute atomic E-state index is 0.000697. The maximum Gasteiger partial charge on any atom is 0.225 e. The molecule has 0 saturated heterocycles. The average Bonchev–Trinajstić information content (AvgIpc) is 2.18. The van der Waals surface area contributed by atoms with Gasteiger partial charge in [0.25, 0.3) is 0 Å². The van der Waals surface area contributed by atoms with Crippen LogP contribution in [0.5, 0.6) is 0 Å². The Bertz CT molecular complexity index is 297. The van der Waals surface area contributed by atoms with Crippen LogP contribution in [0, 0.1) is 0 Å². The molecule has 3 nitrogen and oxygen atoms in total. The van der Waals surface area contributed by atoms with Crippen LogP contribution < -0.4 is 5.32 Å². The first kappa shape index (κ1) is 9.71. The zero-order valence-corrected chi connectivity index (χ0v) is 8.00. The third kappa shape index (κ3) is 2.86. The molecule has 0 aromatic carbocycles. The summed E-state index contributed by atoms with van der Waals surface area (Å²) in [5.41, 5.74) is 1.18. The van der Waals surface area contributed by atoms with Crippen LogP contribution in [0.15, 0.2) is 18.3 Å². The molecule has 3 heteroatoms. The summed E-state index contributed by atoms with van der Waals surface area (Å²) in [6.07, 6.45) is 3.15. The maximum atomic E-state index is 11.0. The lowest BCUT2D eigenvalue weighted by atomic mass is 10.2. The lowest BCUT2D eigenvalue weighted by Crippen LogP contribution is -2.10. The Hall–Kier alpha value is -1.38. The number of aryl methyl sites for hydroxylation is 1. The van der Waals surface area contributed by atoms with Crippen LogP contribution >= 0.6 is 0 Å². The predicted molar refractivity (Wildman–Crippen MR) is 52.5 cm³/mol. The third-order valence-electron chi connectivity index (χ3n) is 1.82. The summed E-state index contributed by atoms with van der Waals surface area (Å²) in [5, 5.41) is 2.72. The second kappa shape index (κ2) is 4.60. The third-order valence-corrected chi connectivity index (χ3v) is 1.82. The van der Waals surface area contributed by atoms with Crippen molar-refractivity contribution < 1.29 is 4.79 Å². The van der Waals surface area contributed by atoms with Gasteiger partial charge in [0, 0.05) is 12.6 Å². The summed E-state index contributed by atoms with van der Waals surface area (Å²) in [6.45, 7) is 3.89. The van der Waals surface area contributed by atoms with Crippen LogP contribution in [0.2, 0.25) is 0 Å². The summed E-state index contributed by atoms with van der Waals surface area (Å²) in [7, 11) is 0. The highest BCUT2D eigenvalue weighted by Crippen LogP contribution is 2.07. The highest BCUT2D eigenvalue weighted by Gasteiger charge is 1.99. The number of rotatable bonds is 3. The standard InChI is InChI=1S/C10H14N2O/c1-3-8-5-6-11-9(7-8)12-10(13)4-2/h5-7H,3-4H2,1-2H3,(H,11,12,13). The first-order valence-corrected chi connectivity index (χ1v) is 4.51. The molecule has 1 aromatic rings. The van der Waals surface area contributed by atoms with Gasteiger partial charge in [-0.3, -0.25) is 4.79 Å². The Morgan fingerprint density at radius 2 is 2.31 bits per heavy atom. The number of nitrogens with zero attached hydrogens (tertiary/aromatic N) is 1. The SMILES string of the molecule is CCC(=O)Nc1cc(CC)ccn1. The van der Waals surface area contributed by atoms with Crippen molar-refractivity contribution in [3.05, 3.63) is 23.9 Å². The lowest BCUT2D eigenvalue weighted by Gasteiger charge is -2.03. The molecule has 1 aromatic heterocycles. The molecule has 70 valence electrons. The van der Waals surface area contributed by atoms with Gasteiger partial charge in [-0.1, -0.05) is 13.8 Å². The predicted octanol–water partition coefficient (Wildman–Crippen LogP) is 1.99. The first-order valence-electron chi connectivity index (χ1n) is 4.51. The molecule has 1 heterocycles. The second-order valence-electron chi connectivity index (χ2n) is 2.80.